The molecule has 30 heavy (non-hydrogen) atoms. The number of hydrogen-bond acceptors (Lipinski definition) is 4. The van der Waals surface area contributed by atoms with Crippen molar-refractivity contribution in [1.82, 2.24) is 9.62 Å². The average Bonchev–Trinajstić information content (AvgIpc) is 3.28. The molecule has 1 saturated carbocycles. The Morgan fingerprint density at radius 1 is 1.10 bits per heavy atom. The van der Waals surface area contributed by atoms with Gasteiger partial charge in [0, 0.05) is 23.6 Å². The van der Waals surface area contributed by atoms with E-state index in [2.05, 4.69) is 17.4 Å². The molecule has 1 aliphatic heterocycles. The second kappa shape index (κ2) is 7.54. The summed E-state index contributed by atoms with van der Waals surface area (Å²) in [6.45, 7) is 3.80. The minimum atomic E-state index is -3.93. The highest BCUT2D eigenvalue weighted by atomic mass is 32.2. The summed E-state index contributed by atoms with van der Waals surface area (Å²) in [6, 6.07) is 14.0. The number of hydrogen-bond donors (Lipinski definition) is 1. The standard InChI is InChI=1S/C23H26N2O4S/c1-16(2)25-22(27)19-11-10-17(14-20(19)30(25,28)29)21(26)24-15-23(12-6-7-13-23)18-8-4-3-5-9-18/h3-5,8-11,14,16H,6-7,12-13,15H2,1-2H3,(H,24,26). The molecule has 0 saturated heterocycles. The molecular formula is C23H26N2O4S. The first-order valence-electron chi connectivity index (χ1n) is 10.3. The van der Waals surface area contributed by atoms with Crippen molar-refractivity contribution in [2.24, 2.45) is 0 Å². The topological polar surface area (TPSA) is 83.6 Å². The van der Waals surface area contributed by atoms with Gasteiger partial charge in [-0.2, -0.15) is 0 Å². The fourth-order valence-corrected chi connectivity index (χ4v) is 6.45. The third-order valence-electron chi connectivity index (χ3n) is 6.21. The van der Waals surface area contributed by atoms with Crippen LogP contribution in [-0.4, -0.2) is 37.1 Å². The van der Waals surface area contributed by atoms with Crippen LogP contribution in [-0.2, 0) is 15.4 Å². The second-order valence-electron chi connectivity index (χ2n) is 8.45. The maximum Gasteiger partial charge on any atom is 0.269 e. The third-order valence-corrected chi connectivity index (χ3v) is 8.21. The molecule has 0 aromatic heterocycles. The number of sulfonamides is 1. The molecule has 7 heteroatoms. The minimum Gasteiger partial charge on any atom is -0.351 e. The van der Waals surface area contributed by atoms with Crippen molar-refractivity contribution in [2.45, 2.75) is 55.9 Å². The van der Waals surface area contributed by atoms with Crippen molar-refractivity contribution in [1.29, 1.82) is 0 Å². The molecule has 2 aliphatic rings. The van der Waals surface area contributed by atoms with Gasteiger partial charge in [-0.25, -0.2) is 12.7 Å². The molecule has 2 amide bonds. The Balaban J connectivity index is 1.57. The van der Waals surface area contributed by atoms with E-state index in [0.717, 1.165) is 30.0 Å². The molecular weight excluding hydrogens is 400 g/mol. The minimum absolute atomic E-state index is 0.0903. The first-order chi connectivity index (χ1) is 14.3. The van der Waals surface area contributed by atoms with Gasteiger partial charge in [0.2, 0.25) is 0 Å². The van der Waals surface area contributed by atoms with Crippen LogP contribution in [0.2, 0.25) is 0 Å². The molecule has 2 aromatic carbocycles. The van der Waals surface area contributed by atoms with Crippen molar-refractivity contribution >= 4 is 21.8 Å². The van der Waals surface area contributed by atoms with Gasteiger partial charge in [0.1, 0.15) is 4.90 Å². The van der Waals surface area contributed by atoms with E-state index in [0.29, 0.717) is 6.54 Å². The van der Waals surface area contributed by atoms with Gasteiger partial charge in [-0.1, -0.05) is 43.2 Å². The van der Waals surface area contributed by atoms with Crippen LogP contribution in [0.4, 0.5) is 0 Å². The number of nitrogens with zero attached hydrogens (tertiary/aromatic N) is 1. The van der Waals surface area contributed by atoms with Crippen LogP contribution in [0.15, 0.2) is 53.4 Å². The van der Waals surface area contributed by atoms with Gasteiger partial charge in [-0.15, -0.1) is 0 Å². The van der Waals surface area contributed by atoms with Crippen molar-refractivity contribution < 1.29 is 18.0 Å². The van der Waals surface area contributed by atoms with Crippen molar-refractivity contribution in [3.05, 3.63) is 65.2 Å². The summed E-state index contributed by atoms with van der Waals surface area (Å²) < 4.78 is 26.5. The largest absolute Gasteiger partial charge is 0.351 e. The van der Waals surface area contributed by atoms with E-state index in [1.807, 2.05) is 18.2 Å². The van der Waals surface area contributed by atoms with Crippen LogP contribution < -0.4 is 5.32 Å². The monoisotopic (exact) mass is 426 g/mol. The van der Waals surface area contributed by atoms with E-state index in [4.69, 9.17) is 0 Å². The van der Waals surface area contributed by atoms with Crippen LogP contribution in [0.5, 0.6) is 0 Å². The predicted molar refractivity (Wildman–Crippen MR) is 114 cm³/mol. The lowest BCUT2D eigenvalue weighted by Gasteiger charge is -2.30. The van der Waals surface area contributed by atoms with E-state index in [9.17, 15) is 18.0 Å². The Morgan fingerprint density at radius 3 is 2.40 bits per heavy atom. The fourth-order valence-electron chi connectivity index (χ4n) is 4.66. The van der Waals surface area contributed by atoms with Crippen molar-refractivity contribution in [3.63, 3.8) is 0 Å². The first kappa shape index (κ1) is 20.6. The molecule has 158 valence electrons. The third kappa shape index (κ3) is 3.31. The summed E-state index contributed by atoms with van der Waals surface area (Å²) >= 11 is 0. The zero-order valence-corrected chi connectivity index (χ0v) is 18.0. The van der Waals surface area contributed by atoms with Gasteiger partial charge in [0.15, 0.2) is 0 Å². The SMILES string of the molecule is CC(C)N1C(=O)c2ccc(C(=O)NCC3(c4ccccc4)CCCC3)cc2S1(=O)=O. The van der Waals surface area contributed by atoms with E-state index < -0.39 is 22.0 Å². The molecule has 0 spiro atoms. The maximum absolute atomic E-state index is 12.9. The summed E-state index contributed by atoms with van der Waals surface area (Å²) in [6.07, 6.45) is 4.26. The lowest BCUT2D eigenvalue weighted by Crippen LogP contribution is -2.39. The lowest BCUT2D eigenvalue weighted by atomic mass is 9.79. The summed E-state index contributed by atoms with van der Waals surface area (Å²) in [4.78, 5) is 25.3. The Kier molecular flexibility index (Phi) is 5.18. The van der Waals surface area contributed by atoms with Gasteiger partial charge in [0.05, 0.1) is 5.56 Å². The number of amides is 2. The van der Waals surface area contributed by atoms with Gasteiger partial charge in [-0.05, 0) is 50.5 Å². The van der Waals surface area contributed by atoms with Crippen LogP contribution in [0, 0.1) is 0 Å². The lowest BCUT2D eigenvalue weighted by molar-refractivity contribution is 0.0845. The van der Waals surface area contributed by atoms with Gasteiger partial charge >= 0.3 is 0 Å². The molecule has 0 atom stereocenters. The highest BCUT2D eigenvalue weighted by Crippen LogP contribution is 2.40. The number of carbonyl (C=O) groups excluding carboxylic acids is 2. The molecule has 1 N–H and O–H groups in total. The van der Waals surface area contributed by atoms with Gasteiger partial charge < -0.3 is 5.32 Å². The summed E-state index contributed by atoms with van der Waals surface area (Å²) in [5.41, 5.74) is 1.50. The summed E-state index contributed by atoms with van der Waals surface area (Å²) in [5.74, 6) is -0.869. The number of rotatable bonds is 5. The van der Waals surface area contributed by atoms with Crippen LogP contribution in [0.25, 0.3) is 0 Å². The van der Waals surface area contributed by atoms with E-state index >= 15 is 0 Å². The zero-order chi connectivity index (χ0) is 21.5. The van der Waals surface area contributed by atoms with Crippen LogP contribution in [0.3, 0.4) is 0 Å². The number of benzene rings is 2. The highest BCUT2D eigenvalue weighted by Gasteiger charge is 2.43. The predicted octanol–water partition coefficient (Wildman–Crippen LogP) is 3.48. The molecule has 6 nitrogen and oxygen atoms in total. The van der Waals surface area contributed by atoms with Crippen molar-refractivity contribution in [2.75, 3.05) is 6.54 Å². The zero-order valence-electron chi connectivity index (χ0n) is 17.2. The summed E-state index contributed by atoms with van der Waals surface area (Å²) in [7, 11) is -3.93. The fraction of sp³-hybridized carbons (Fsp3) is 0.391. The number of fused-ring (bicyclic) bond motifs is 1. The van der Waals surface area contributed by atoms with Crippen molar-refractivity contribution in [3.8, 4) is 0 Å². The maximum atomic E-state index is 12.9. The number of carbonyl (C=O) groups is 2. The van der Waals surface area contributed by atoms with E-state index in [1.54, 1.807) is 13.8 Å². The molecule has 4 rings (SSSR count). The highest BCUT2D eigenvalue weighted by molar-refractivity contribution is 7.90. The smallest absolute Gasteiger partial charge is 0.269 e. The second-order valence-corrected chi connectivity index (χ2v) is 10.2. The van der Waals surface area contributed by atoms with E-state index in [1.165, 1.54) is 23.8 Å². The Morgan fingerprint density at radius 2 is 1.77 bits per heavy atom. The van der Waals surface area contributed by atoms with E-state index in [-0.39, 0.29) is 27.3 Å². The molecule has 0 radical (unpaired) electrons. The normalized spacial score (nSPS) is 19.2. The molecule has 1 heterocycles. The van der Waals surface area contributed by atoms with Gasteiger partial charge in [0.25, 0.3) is 21.8 Å². The number of nitrogens with one attached hydrogen (secondary N) is 1. The molecule has 0 unspecified atom stereocenters. The molecule has 1 fully saturated rings. The quantitative estimate of drug-likeness (QED) is 0.793. The average molecular weight is 427 g/mol. The molecule has 0 bridgehead atoms. The first-order valence-corrected chi connectivity index (χ1v) is 11.8. The molecule has 1 aliphatic carbocycles. The Bertz CT molecular complexity index is 1090. The van der Waals surface area contributed by atoms with Gasteiger partial charge in [-0.3, -0.25) is 9.59 Å². The Hall–Kier alpha value is -2.67. The summed E-state index contributed by atoms with van der Waals surface area (Å²) in [5, 5.41) is 3.01. The van der Waals surface area contributed by atoms with Crippen LogP contribution >= 0.6 is 0 Å². The Labute approximate surface area is 177 Å². The molecule has 2 aromatic rings. The van der Waals surface area contributed by atoms with Crippen LogP contribution in [0.1, 0.15) is 65.8 Å².